The number of hydrogen-bond acceptors (Lipinski definition) is 6. The van der Waals surface area contributed by atoms with E-state index < -0.39 is 48.4 Å². The second-order valence-corrected chi connectivity index (χ2v) is 11.2. The van der Waals surface area contributed by atoms with Gasteiger partial charge in [0.15, 0.2) is 0 Å². The Morgan fingerprint density at radius 1 is 1.23 bits per heavy atom. The number of benzene rings is 1. The van der Waals surface area contributed by atoms with Gasteiger partial charge in [0.1, 0.15) is 22.9 Å². The monoisotopic (exact) mass is 552 g/mol. The van der Waals surface area contributed by atoms with Crippen molar-refractivity contribution in [2.75, 3.05) is 6.98 Å². The molecule has 2 atom stereocenters. The highest BCUT2D eigenvalue weighted by atomic mass is 19.3. The van der Waals surface area contributed by atoms with Gasteiger partial charge < -0.3 is 20.5 Å². The highest BCUT2D eigenvalue weighted by molar-refractivity contribution is 5.98. The van der Waals surface area contributed by atoms with Crippen LogP contribution in [0.2, 0.25) is 0 Å². The second kappa shape index (κ2) is 8.28. The number of rotatable bonds is 4. The Labute approximate surface area is 231 Å². The van der Waals surface area contributed by atoms with Crippen LogP contribution in [0.1, 0.15) is 75.1 Å². The predicted molar refractivity (Wildman–Crippen MR) is 138 cm³/mol. The fourth-order valence-electron chi connectivity index (χ4n) is 6.76. The molecule has 2 bridgehead atoms. The van der Waals surface area contributed by atoms with Gasteiger partial charge in [0.25, 0.3) is 5.91 Å². The minimum absolute atomic E-state index is 0.0349. The van der Waals surface area contributed by atoms with Crippen molar-refractivity contribution >= 4 is 11.4 Å². The minimum Gasteiger partial charge on any atom is -0.434 e. The van der Waals surface area contributed by atoms with E-state index in [1.807, 2.05) is 0 Å². The smallest absolute Gasteiger partial charge is 0.387 e. The Morgan fingerprint density at radius 2 is 2.02 bits per heavy atom. The zero-order valence-corrected chi connectivity index (χ0v) is 21.2. The number of pyridine rings is 2. The Hall–Kier alpha value is -3.96. The number of nitrogens with two attached hydrogens (primary N) is 1. The van der Waals surface area contributed by atoms with Gasteiger partial charge in [0, 0.05) is 57.2 Å². The maximum absolute atomic E-state index is 15.3. The third-order valence-corrected chi connectivity index (χ3v) is 8.22. The minimum atomic E-state index is -3.17. The summed E-state index contributed by atoms with van der Waals surface area (Å²) in [6, 6.07) is 7.83. The summed E-state index contributed by atoms with van der Waals surface area (Å²) in [6.45, 7) is -4.23. The van der Waals surface area contributed by atoms with E-state index in [1.54, 1.807) is 25.3 Å². The Balaban J connectivity index is 1.37. The molecule has 1 aromatic carbocycles. The van der Waals surface area contributed by atoms with Crippen LogP contribution >= 0.6 is 0 Å². The number of carbonyl (C=O) groups is 1. The lowest BCUT2D eigenvalue weighted by Crippen LogP contribution is -2.58. The maximum Gasteiger partial charge on any atom is 0.387 e. The first-order valence-electron chi connectivity index (χ1n) is 14.3. The summed E-state index contributed by atoms with van der Waals surface area (Å²) < 4.78 is 72.9. The number of alkyl halides is 2. The van der Waals surface area contributed by atoms with E-state index in [9.17, 15) is 18.7 Å². The van der Waals surface area contributed by atoms with Gasteiger partial charge in [-0.1, -0.05) is 6.07 Å². The highest BCUT2D eigenvalue weighted by Crippen LogP contribution is 2.53. The number of ether oxygens (including phenoxy) is 1. The topological polar surface area (TPSA) is 106 Å². The van der Waals surface area contributed by atoms with Crippen LogP contribution in [0, 0.1) is 5.82 Å². The molecule has 40 heavy (non-hydrogen) atoms. The molecule has 3 aromatic heterocycles. The van der Waals surface area contributed by atoms with E-state index in [0.29, 0.717) is 27.9 Å². The average molecular weight is 553 g/mol. The maximum atomic E-state index is 15.3. The zero-order chi connectivity index (χ0) is 30.6. The molecular formula is C29H26F3N5O3. The predicted octanol–water partition coefficient (Wildman–Crippen LogP) is 4.50. The van der Waals surface area contributed by atoms with Crippen molar-refractivity contribution in [3.63, 3.8) is 0 Å². The summed E-state index contributed by atoms with van der Waals surface area (Å²) in [5, 5.41) is 15.4. The van der Waals surface area contributed by atoms with Crippen LogP contribution in [-0.2, 0) is 5.60 Å². The zero-order valence-electron chi connectivity index (χ0n) is 24.2. The van der Waals surface area contributed by atoms with E-state index in [2.05, 4.69) is 10.1 Å². The quantitative estimate of drug-likeness (QED) is 0.386. The molecule has 0 saturated heterocycles. The third kappa shape index (κ3) is 3.57. The number of fused-ring (bicyclic) bond motifs is 9. The fraction of sp³-hybridized carbons (Fsp3) is 0.345. The van der Waals surface area contributed by atoms with Crippen LogP contribution in [-0.4, -0.2) is 49.6 Å². The molecule has 3 aliphatic rings. The van der Waals surface area contributed by atoms with Gasteiger partial charge in [-0.15, -0.1) is 0 Å². The molecule has 7 rings (SSSR count). The molecule has 11 heteroatoms. The van der Waals surface area contributed by atoms with E-state index in [0.717, 1.165) is 4.90 Å². The molecule has 8 nitrogen and oxygen atoms in total. The molecule has 0 radical (unpaired) electrons. The van der Waals surface area contributed by atoms with Crippen LogP contribution in [0.3, 0.4) is 0 Å². The van der Waals surface area contributed by atoms with Crippen molar-refractivity contribution in [1.82, 2.24) is 19.5 Å². The van der Waals surface area contributed by atoms with E-state index >= 15 is 4.39 Å². The number of hydrogen-bond donors (Lipinski definition) is 2. The van der Waals surface area contributed by atoms with Crippen LogP contribution in [0.25, 0.3) is 16.6 Å². The molecule has 4 heterocycles. The van der Waals surface area contributed by atoms with E-state index in [1.165, 1.54) is 35.0 Å². The number of aromatic nitrogens is 3. The Kier molecular flexibility index (Phi) is 4.51. The molecule has 206 valence electrons. The third-order valence-electron chi connectivity index (χ3n) is 8.22. The molecule has 1 saturated carbocycles. The first-order chi connectivity index (χ1) is 20.2. The van der Waals surface area contributed by atoms with Gasteiger partial charge in [-0.25, -0.2) is 8.91 Å². The molecule has 0 unspecified atom stereocenters. The molecule has 4 aromatic rings. The van der Waals surface area contributed by atoms with Crippen molar-refractivity contribution in [1.29, 1.82) is 0 Å². The Morgan fingerprint density at radius 3 is 2.73 bits per heavy atom. The second-order valence-electron chi connectivity index (χ2n) is 11.2. The number of nitrogens with zero attached hydrogens (tertiary/aromatic N) is 4. The van der Waals surface area contributed by atoms with Crippen LogP contribution < -0.4 is 10.5 Å². The number of aliphatic hydroxyl groups is 1. The van der Waals surface area contributed by atoms with Crippen molar-refractivity contribution in [3.05, 3.63) is 82.7 Å². The first kappa shape index (κ1) is 21.8. The average Bonchev–Trinajstić information content (AvgIpc) is 3.39. The summed E-state index contributed by atoms with van der Waals surface area (Å²) in [4.78, 5) is 18.6. The van der Waals surface area contributed by atoms with Gasteiger partial charge in [0.05, 0.1) is 17.3 Å². The lowest BCUT2D eigenvalue weighted by Gasteiger charge is -2.48. The van der Waals surface area contributed by atoms with Crippen molar-refractivity contribution in [2.45, 2.75) is 55.9 Å². The summed E-state index contributed by atoms with van der Waals surface area (Å²) in [6.07, 6.45) is 3.52. The van der Waals surface area contributed by atoms with Gasteiger partial charge >= 0.3 is 6.61 Å². The summed E-state index contributed by atoms with van der Waals surface area (Å²) in [5.74, 6) is -2.42. The molecule has 3 N–H and O–H groups in total. The summed E-state index contributed by atoms with van der Waals surface area (Å²) in [5.41, 5.74) is 6.42. The van der Waals surface area contributed by atoms with E-state index in [4.69, 9.17) is 14.6 Å². The largest absolute Gasteiger partial charge is 0.434 e. The molecule has 1 amide bonds. The van der Waals surface area contributed by atoms with Gasteiger partial charge in [-0.05, 0) is 62.1 Å². The standard InChI is InChI=1S/C29H26F3N5O3/c1-28(33)12-29(39,13-28)25-18(30)8-15(11-34-25)14-6-7-37-19(9-14)23-17-10-20(24(23)35-37)36(2)26(38)16-4-3-5-21(22(16)17)40-27(31)32/h3-9,11,17,20,27,39H,10,12-13,33H2,1-2H3/t17-,20-,28?,29?/m1/s1/i2D3. The molecule has 2 aliphatic carbocycles. The lowest BCUT2D eigenvalue weighted by molar-refractivity contribution is -0.0923. The SMILES string of the molecule is [2H]C([2H])([2H])N1C(=O)c2cccc(OC(F)F)c2[C@H]2C[C@@H]1c1nn3ccc(-c4cnc(C5(O)CC(C)(N)C5)c(F)c4)cc3c12. The van der Waals surface area contributed by atoms with Crippen molar-refractivity contribution in [2.24, 2.45) is 5.73 Å². The van der Waals surface area contributed by atoms with Gasteiger partial charge in [-0.2, -0.15) is 13.9 Å². The Bertz CT molecular complexity index is 1820. The van der Waals surface area contributed by atoms with Gasteiger partial charge in [0.2, 0.25) is 0 Å². The van der Waals surface area contributed by atoms with Crippen LogP contribution in [0.15, 0.2) is 48.8 Å². The summed E-state index contributed by atoms with van der Waals surface area (Å²) in [7, 11) is 0. The van der Waals surface area contributed by atoms with Crippen molar-refractivity contribution < 1.29 is 31.9 Å². The van der Waals surface area contributed by atoms with Gasteiger partial charge in [-0.3, -0.25) is 9.78 Å². The fourth-order valence-corrected chi connectivity index (χ4v) is 6.76. The lowest BCUT2D eigenvalue weighted by atomic mass is 9.65. The van der Waals surface area contributed by atoms with E-state index in [-0.39, 0.29) is 41.8 Å². The molecular weight excluding hydrogens is 523 g/mol. The van der Waals surface area contributed by atoms with Crippen LogP contribution in [0.5, 0.6) is 5.75 Å². The molecule has 1 fully saturated rings. The number of amides is 1. The van der Waals surface area contributed by atoms with Crippen molar-refractivity contribution in [3.8, 4) is 16.9 Å². The highest BCUT2D eigenvalue weighted by Gasteiger charge is 2.52. The summed E-state index contributed by atoms with van der Waals surface area (Å²) >= 11 is 0. The first-order valence-corrected chi connectivity index (χ1v) is 12.8. The number of halogens is 3. The molecule has 1 aliphatic heterocycles. The molecule has 0 spiro atoms. The van der Waals surface area contributed by atoms with Crippen LogP contribution in [0.4, 0.5) is 13.2 Å². The normalized spacial score (nSPS) is 28.4. The number of carbonyl (C=O) groups excluding carboxylic acids is 1.